The van der Waals surface area contributed by atoms with Crippen LogP contribution in [0.2, 0.25) is 0 Å². The second-order valence-corrected chi connectivity index (χ2v) is 5.54. The van der Waals surface area contributed by atoms with E-state index in [1.165, 1.54) is 0 Å². The van der Waals surface area contributed by atoms with Crippen molar-refractivity contribution in [2.75, 3.05) is 0 Å². The highest BCUT2D eigenvalue weighted by Crippen LogP contribution is 2.20. The molecule has 3 aromatic rings. The first kappa shape index (κ1) is 15.2. The summed E-state index contributed by atoms with van der Waals surface area (Å²) in [6, 6.07) is 9.51. The van der Waals surface area contributed by atoms with Crippen LogP contribution in [-0.2, 0) is 17.8 Å². The molecule has 0 aliphatic heterocycles. The van der Waals surface area contributed by atoms with Crippen LogP contribution in [0.3, 0.4) is 0 Å². The van der Waals surface area contributed by atoms with Gasteiger partial charge >= 0.3 is 0 Å². The SMILES string of the molecule is CCn1cc(CC(=O)N[C@@H](C)c2ccccn2)c2cccnc21. The first-order valence-electron chi connectivity index (χ1n) is 7.82. The van der Waals surface area contributed by atoms with Crippen LogP contribution in [0.5, 0.6) is 0 Å². The number of amides is 1. The van der Waals surface area contributed by atoms with E-state index in [4.69, 9.17) is 0 Å². The molecule has 0 saturated carbocycles. The van der Waals surface area contributed by atoms with E-state index >= 15 is 0 Å². The van der Waals surface area contributed by atoms with Crippen LogP contribution in [0.15, 0.2) is 48.9 Å². The third-order valence-corrected chi connectivity index (χ3v) is 3.92. The van der Waals surface area contributed by atoms with Crippen molar-refractivity contribution in [1.29, 1.82) is 0 Å². The number of fused-ring (bicyclic) bond motifs is 1. The van der Waals surface area contributed by atoms with Crippen molar-refractivity contribution < 1.29 is 4.79 Å². The molecule has 3 rings (SSSR count). The number of pyridine rings is 2. The quantitative estimate of drug-likeness (QED) is 0.788. The molecule has 5 heteroatoms. The number of carbonyl (C=O) groups excluding carboxylic acids is 1. The van der Waals surface area contributed by atoms with Crippen LogP contribution in [0.1, 0.15) is 31.1 Å². The minimum Gasteiger partial charge on any atom is -0.348 e. The summed E-state index contributed by atoms with van der Waals surface area (Å²) in [7, 11) is 0. The van der Waals surface area contributed by atoms with Crippen molar-refractivity contribution in [2.24, 2.45) is 0 Å². The van der Waals surface area contributed by atoms with E-state index in [9.17, 15) is 4.79 Å². The van der Waals surface area contributed by atoms with Gasteiger partial charge in [-0.3, -0.25) is 9.78 Å². The lowest BCUT2D eigenvalue weighted by molar-refractivity contribution is -0.121. The summed E-state index contributed by atoms with van der Waals surface area (Å²) in [5, 5.41) is 4.04. The third kappa shape index (κ3) is 3.23. The zero-order chi connectivity index (χ0) is 16.2. The Labute approximate surface area is 135 Å². The monoisotopic (exact) mass is 308 g/mol. The molecule has 1 atom stereocenters. The van der Waals surface area contributed by atoms with E-state index in [0.717, 1.165) is 28.8 Å². The standard InChI is InChI=1S/C18H20N4O/c1-3-22-12-14(15-7-6-10-20-18(15)22)11-17(23)21-13(2)16-8-4-5-9-19-16/h4-10,12-13H,3,11H2,1-2H3,(H,21,23)/t13-/m0/s1. The van der Waals surface area contributed by atoms with E-state index < -0.39 is 0 Å². The van der Waals surface area contributed by atoms with Gasteiger partial charge in [0.15, 0.2) is 0 Å². The van der Waals surface area contributed by atoms with E-state index in [1.807, 2.05) is 43.5 Å². The molecule has 0 unspecified atom stereocenters. The van der Waals surface area contributed by atoms with Crippen LogP contribution in [0, 0.1) is 0 Å². The second kappa shape index (κ2) is 6.60. The average molecular weight is 308 g/mol. The first-order chi connectivity index (χ1) is 11.2. The fourth-order valence-corrected chi connectivity index (χ4v) is 2.75. The lowest BCUT2D eigenvalue weighted by atomic mass is 10.1. The van der Waals surface area contributed by atoms with E-state index in [-0.39, 0.29) is 11.9 Å². The minimum atomic E-state index is -0.110. The molecule has 1 N–H and O–H groups in total. The van der Waals surface area contributed by atoms with Crippen molar-refractivity contribution in [1.82, 2.24) is 19.9 Å². The summed E-state index contributed by atoms with van der Waals surface area (Å²) in [5.74, 6) is -0.0119. The maximum Gasteiger partial charge on any atom is 0.225 e. The molecule has 5 nitrogen and oxygen atoms in total. The van der Waals surface area contributed by atoms with Gasteiger partial charge in [-0.05, 0) is 43.7 Å². The maximum atomic E-state index is 12.4. The fraction of sp³-hybridized carbons (Fsp3) is 0.278. The maximum absolute atomic E-state index is 12.4. The molecule has 0 saturated heterocycles. The van der Waals surface area contributed by atoms with Crippen LogP contribution in [-0.4, -0.2) is 20.4 Å². The Morgan fingerprint density at radius 1 is 1.22 bits per heavy atom. The van der Waals surface area contributed by atoms with Gasteiger partial charge in [0.05, 0.1) is 18.2 Å². The Balaban J connectivity index is 1.76. The van der Waals surface area contributed by atoms with Crippen LogP contribution < -0.4 is 5.32 Å². The predicted octanol–water partition coefficient (Wildman–Crippen LogP) is 2.87. The van der Waals surface area contributed by atoms with Crippen LogP contribution >= 0.6 is 0 Å². The largest absolute Gasteiger partial charge is 0.348 e. The van der Waals surface area contributed by atoms with Crippen molar-refractivity contribution >= 4 is 16.9 Å². The summed E-state index contributed by atoms with van der Waals surface area (Å²) < 4.78 is 2.07. The lowest BCUT2D eigenvalue weighted by Gasteiger charge is -2.13. The fourth-order valence-electron chi connectivity index (χ4n) is 2.75. The van der Waals surface area contributed by atoms with Gasteiger partial charge in [-0.1, -0.05) is 6.07 Å². The Bertz CT molecular complexity index is 810. The second-order valence-electron chi connectivity index (χ2n) is 5.54. The zero-order valence-corrected chi connectivity index (χ0v) is 13.4. The Morgan fingerprint density at radius 3 is 2.78 bits per heavy atom. The van der Waals surface area contributed by atoms with Gasteiger partial charge in [0.25, 0.3) is 0 Å². The molecule has 118 valence electrons. The van der Waals surface area contributed by atoms with E-state index in [2.05, 4.69) is 26.8 Å². The first-order valence-corrected chi connectivity index (χ1v) is 7.82. The zero-order valence-electron chi connectivity index (χ0n) is 13.4. The Morgan fingerprint density at radius 2 is 2.04 bits per heavy atom. The third-order valence-electron chi connectivity index (χ3n) is 3.92. The number of aryl methyl sites for hydroxylation is 1. The van der Waals surface area contributed by atoms with Crippen LogP contribution in [0.25, 0.3) is 11.0 Å². The molecule has 0 bridgehead atoms. The molecule has 3 aromatic heterocycles. The molecule has 0 spiro atoms. The molecule has 23 heavy (non-hydrogen) atoms. The summed E-state index contributed by atoms with van der Waals surface area (Å²) >= 11 is 0. The average Bonchev–Trinajstić information content (AvgIpc) is 2.93. The molecule has 0 aliphatic carbocycles. The number of hydrogen-bond donors (Lipinski definition) is 1. The predicted molar refractivity (Wildman–Crippen MR) is 89.9 cm³/mol. The highest BCUT2D eigenvalue weighted by molar-refractivity contribution is 5.87. The van der Waals surface area contributed by atoms with E-state index in [1.54, 1.807) is 12.4 Å². The van der Waals surface area contributed by atoms with Crippen molar-refractivity contribution in [3.8, 4) is 0 Å². The lowest BCUT2D eigenvalue weighted by Crippen LogP contribution is -2.28. The molecule has 0 aliphatic rings. The van der Waals surface area contributed by atoms with Gasteiger partial charge in [-0.15, -0.1) is 0 Å². The van der Waals surface area contributed by atoms with Crippen LogP contribution in [0.4, 0.5) is 0 Å². The van der Waals surface area contributed by atoms with Crippen molar-refractivity contribution in [2.45, 2.75) is 32.9 Å². The normalized spacial score (nSPS) is 12.3. The molecule has 0 fully saturated rings. The number of hydrogen-bond acceptors (Lipinski definition) is 3. The van der Waals surface area contributed by atoms with Gasteiger partial charge in [0, 0.05) is 30.5 Å². The summed E-state index contributed by atoms with van der Waals surface area (Å²) in [6.45, 7) is 4.84. The molecular formula is C18H20N4O. The van der Waals surface area contributed by atoms with Crippen molar-refractivity contribution in [3.63, 3.8) is 0 Å². The van der Waals surface area contributed by atoms with Gasteiger partial charge in [0.2, 0.25) is 5.91 Å². The Hall–Kier alpha value is -2.69. The smallest absolute Gasteiger partial charge is 0.225 e. The molecule has 0 aromatic carbocycles. The Kier molecular flexibility index (Phi) is 4.37. The van der Waals surface area contributed by atoms with Gasteiger partial charge in [-0.25, -0.2) is 4.98 Å². The van der Waals surface area contributed by atoms with Crippen molar-refractivity contribution in [3.05, 3.63) is 60.2 Å². The van der Waals surface area contributed by atoms with E-state index in [0.29, 0.717) is 6.42 Å². The highest BCUT2D eigenvalue weighted by atomic mass is 16.1. The highest BCUT2D eigenvalue weighted by Gasteiger charge is 2.14. The summed E-state index contributed by atoms with van der Waals surface area (Å²) in [6.07, 6.45) is 5.87. The summed E-state index contributed by atoms with van der Waals surface area (Å²) in [4.78, 5) is 21.1. The number of nitrogens with zero attached hydrogens (tertiary/aromatic N) is 3. The minimum absolute atomic E-state index is 0.0119. The molecular weight excluding hydrogens is 288 g/mol. The van der Waals surface area contributed by atoms with Gasteiger partial charge in [0.1, 0.15) is 5.65 Å². The molecule has 1 amide bonds. The number of nitrogens with one attached hydrogen (secondary N) is 1. The number of aromatic nitrogens is 3. The molecule has 0 radical (unpaired) electrons. The summed E-state index contributed by atoms with van der Waals surface area (Å²) in [5.41, 5.74) is 2.79. The number of carbonyl (C=O) groups is 1. The molecule has 3 heterocycles. The van der Waals surface area contributed by atoms with Gasteiger partial charge in [-0.2, -0.15) is 0 Å². The van der Waals surface area contributed by atoms with Gasteiger partial charge < -0.3 is 9.88 Å². The number of rotatable bonds is 5. The topological polar surface area (TPSA) is 59.8 Å².